The minimum atomic E-state index is -0.592. The van der Waals surface area contributed by atoms with E-state index in [-0.39, 0.29) is 18.2 Å². The van der Waals surface area contributed by atoms with Gasteiger partial charge in [-0.3, -0.25) is 4.68 Å². The Kier molecular flexibility index (Phi) is 4.29. The molecule has 5 rings (SSSR count). The number of aromatic nitrogens is 2. The minimum absolute atomic E-state index is 0.0870. The summed E-state index contributed by atoms with van der Waals surface area (Å²) in [5, 5.41) is 19.3. The average Bonchev–Trinajstić information content (AvgIpc) is 3.42. The van der Waals surface area contributed by atoms with E-state index >= 15 is 0 Å². The van der Waals surface area contributed by atoms with Crippen molar-refractivity contribution in [2.24, 2.45) is 0 Å². The number of aliphatic hydroxyl groups excluding tert-OH is 1. The van der Waals surface area contributed by atoms with Crippen LogP contribution < -0.4 is 5.32 Å². The molecule has 1 aliphatic carbocycles. The Balaban J connectivity index is 1.40. The van der Waals surface area contributed by atoms with Gasteiger partial charge in [-0.1, -0.05) is 43.2 Å². The highest BCUT2D eigenvalue weighted by Gasteiger charge is 2.51. The third kappa shape index (κ3) is 2.87. The van der Waals surface area contributed by atoms with Crippen LogP contribution >= 0.6 is 0 Å². The molecule has 2 bridgehead atoms. The summed E-state index contributed by atoms with van der Waals surface area (Å²) >= 11 is 0. The summed E-state index contributed by atoms with van der Waals surface area (Å²) in [6.45, 7) is 0.523. The molecule has 138 valence electrons. The Bertz CT molecular complexity index is 744. The van der Waals surface area contributed by atoms with Gasteiger partial charge in [-0.05, 0) is 18.4 Å². The number of rotatable bonds is 4. The topological polar surface area (TPSA) is 68.5 Å². The number of nitrogens with one attached hydrogen (secondary N) is 1. The van der Waals surface area contributed by atoms with Crippen LogP contribution in [-0.2, 0) is 9.47 Å². The molecule has 3 aliphatic rings. The largest absolute Gasteiger partial charge is 0.389 e. The second-order valence-corrected chi connectivity index (χ2v) is 7.61. The molecule has 1 aromatic heterocycles. The summed E-state index contributed by atoms with van der Waals surface area (Å²) < 4.78 is 13.7. The maximum atomic E-state index is 11.1. The average molecular weight is 355 g/mol. The summed E-state index contributed by atoms with van der Waals surface area (Å²) in [5.74, 6) is 0. The van der Waals surface area contributed by atoms with Gasteiger partial charge in [0, 0.05) is 17.8 Å². The van der Waals surface area contributed by atoms with Gasteiger partial charge >= 0.3 is 0 Å². The molecule has 5 atom stereocenters. The molecule has 0 spiro atoms. The number of hydrogen-bond donors (Lipinski definition) is 2. The fourth-order valence-electron chi connectivity index (χ4n) is 4.53. The molecule has 0 unspecified atom stereocenters. The zero-order valence-corrected chi connectivity index (χ0v) is 14.7. The Hall–Kier alpha value is -1.73. The lowest BCUT2D eigenvalue weighted by Crippen LogP contribution is -2.59. The van der Waals surface area contributed by atoms with Crippen molar-refractivity contribution in [1.82, 2.24) is 15.1 Å². The number of ether oxygens (including phenoxy) is 2. The molecule has 26 heavy (non-hydrogen) atoms. The van der Waals surface area contributed by atoms with Gasteiger partial charge in [0.1, 0.15) is 12.1 Å². The van der Waals surface area contributed by atoms with E-state index in [1.165, 1.54) is 25.7 Å². The lowest BCUT2D eigenvalue weighted by atomic mass is 9.95. The van der Waals surface area contributed by atoms with Gasteiger partial charge in [0.15, 0.2) is 6.29 Å². The second kappa shape index (κ2) is 6.78. The van der Waals surface area contributed by atoms with Gasteiger partial charge in [0.05, 0.1) is 24.9 Å². The molecule has 2 N–H and O–H groups in total. The molecule has 1 aromatic carbocycles. The lowest BCUT2D eigenvalue weighted by Gasteiger charge is -2.39. The summed E-state index contributed by atoms with van der Waals surface area (Å²) in [6.07, 6.45) is 7.54. The highest BCUT2D eigenvalue weighted by atomic mass is 16.7. The standard InChI is InChI=1S/C20H25N3O3/c24-19-17(22-15-8-4-5-9-15)16-12-25-20(26-16)18(19)23-11-14(10-21-23)13-6-2-1-3-7-13/h1-3,6-7,10-11,15-20,22,24H,4-5,8-9,12H2/t16-,17-,18-,19+,20-/m1/s1. The number of hydrogen-bond acceptors (Lipinski definition) is 5. The van der Waals surface area contributed by atoms with Crippen LogP contribution in [0, 0.1) is 0 Å². The molecule has 6 nitrogen and oxygen atoms in total. The van der Waals surface area contributed by atoms with Crippen LogP contribution in [0.3, 0.4) is 0 Å². The highest BCUT2D eigenvalue weighted by Crippen LogP contribution is 2.37. The first-order chi connectivity index (χ1) is 12.8. The first-order valence-corrected chi connectivity index (χ1v) is 9.60. The number of aliphatic hydroxyl groups is 1. The first kappa shape index (κ1) is 16.4. The van der Waals surface area contributed by atoms with Gasteiger partial charge in [0.2, 0.25) is 0 Å². The zero-order valence-electron chi connectivity index (χ0n) is 14.7. The Morgan fingerprint density at radius 1 is 1.12 bits per heavy atom. The zero-order chi connectivity index (χ0) is 17.5. The number of fused-ring (bicyclic) bond motifs is 2. The van der Waals surface area contributed by atoms with E-state index in [1.807, 2.05) is 35.3 Å². The molecule has 2 aliphatic heterocycles. The van der Waals surface area contributed by atoms with Gasteiger partial charge in [0.25, 0.3) is 0 Å². The molecular formula is C20H25N3O3. The Morgan fingerprint density at radius 2 is 1.92 bits per heavy atom. The molecule has 2 saturated heterocycles. The first-order valence-electron chi connectivity index (χ1n) is 9.60. The van der Waals surface area contributed by atoms with Crippen molar-refractivity contribution in [1.29, 1.82) is 0 Å². The quantitative estimate of drug-likeness (QED) is 0.879. The van der Waals surface area contributed by atoms with E-state index in [1.54, 1.807) is 0 Å². The van der Waals surface area contributed by atoms with Crippen LogP contribution in [0.5, 0.6) is 0 Å². The molecule has 2 aromatic rings. The maximum Gasteiger partial charge on any atom is 0.183 e. The number of nitrogens with zero attached hydrogens (tertiary/aromatic N) is 2. The maximum absolute atomic E-state index is 11.1. The molecular weight excluding hydrogens is 330 g/mol. The van der Waals surface area contributed by atoms with Crippen molar-refractivity contribution in [3.8, 4) is 11.1 Å². The van der Waals surface area contributed by atoms with Crippen molar-refractivity contribution in [3.05, 3.63) is 42.7 Å². The van der Waals surface area contributed by atoms with Crippen molar-refractivity contribution >= 4 is 0 Å². The van der Waals surface area contributed by atoms with Crippen molar-refractivity contribution in [2.45, 2.75) is 62.3 Å². The molecule has 0 amide bonds. The van der Waals surface area contributed by atoms with Crippen molar-refractivity contribution < 1.29 is 14.6 Å². The third-order valence-corrected chi connectivity index (χ3v) is 5.93. The Morgan fingerprint density at radius 3 is 2.73 bits per heavy atom. The number of benzene rings is 1. The van der Waals surface area contributed by atoms with Crippen molar-refractivity contribution in [2.75, 3.05) is 6.61 Å². The third-order valence-electron chi connectivity index (χ3n) is 5.93. The van der Waals surface area contributed by atoms with Gasteiger partial charge in [-0.15, -0.1) is 0 Å². The monoisotopic (exact) mass is 355 g/mol. The highest BCUT2D eigenvalue weighted by molar-refractivity contribution is 5.61. The van der Waals surface area contributed by atoms with E-state index in [2.05, 4.69) is 22.5 Å². The van der Waals surface area contributed by atoms with E-state index < -0.39 is 12.4 Å². The predicted octanol–water partition coefficient (Wildman–Crippen LogP) is 2.11. The van der Waals surface area contributed by atoms with Crippen LogP contribution in [0.15, 0.2) is 42.7 Å². The Labute approximate surface area is 153 Å². The summed E-state index contributed by atoms with van der Waals surface area (Å²) in [7, 11) is 0. The van der Waals surface area contributed by atoms with Gasteiger partial charge in [-0.25, -0.2) is 0 Å². The molecule has 6 heteroatoms. The second-order valence-electron chi connectivity index (χ2n) is 7.61. The van der Waals surface area contributed by atoms with E-state index in [9.17, 15) is 5.11 Å². The fraction of sp³-hybridized carbons (Fsp3) is 0.550. The molecule has 3 fully saturated rings. The summed E-state index contributed by atoms with van der Waals surface area (Å²) in [6, 6.07) is 10.1. The minimum Gasteiger partial charge on any atom is -0.389 e. The van der Waals surface area contributed by atoms with Crippen molar-refractivity contribution in [3.63, 3.8) is 0 Å². The van der Waals surface area contributed by atoms with Crippen LogP contribution in [-0.4, -0.2) is 52.1 Å². The summed E-state index contributed by atoms with van der Waals surface area (Å²) in [4.78, 5) is 0. The smallest absolute Gasteiger partial charge is 0.183 e. The van der Waals surface area contributed by atoms with Crippen LogP contribution in [0.25, 0.3) is 11.1 Å². The van der Waals surface area contributed by atoms with E-state index in [0.29, 0.717) is 12.6 Å². The normalized spacial score (nSPS) is 34.4. The molecule has 0 radical (unpaired) electrons. The predicted molar refractivity (Wildman–Crippen MR) is 96.5 cm³/mol. The SMILES string of the molecule is O[C@H]1[C@H](NC2CCCC2)[C@H]2CO[C@H](O2)[C@@H]1n1cc(-c2ccccc2)cn1. The van der Waals surface area contributed by atoms with Gasteiger partial charge in [-0.2, -0.15) is 5.10 Å². The van der Waals surface area contributed by atoms with Crippen LogP contribution in [0.4, 0.5) is 0 Å². The van der Waals surface area contributed by atoms with Gasteiger partial charge < -0.3 is 19.9 Å². The van der Waals surface area contributed by atoms with Crippen LogP contribution in [0.1, 0.15) is 31.7 Å². The van der Waals surface area contributed by atoms with E-state index in [0.717, 1.165) is 11.1 Å². The lowest BCUT2D eigenvalue weighted by molar-refractivity contribution is -0.169. The summed E-state index contributed by atoms with van der Waals surface area (Å²) in [5.41, 5.74) is 2.13. The van der Waals surface area contributed by atoms with Crippen LogP contribution in [0.2, 0.25) is 0 Å². The van der Waals surface area contributed by atoms with E-state index in [4.69, 9.17) is 9.47 Å². The molecule has 3 heterocycles. The molecule has 1 saturated carbocycles. The fourth-order valence-corrected chi connectivity index (χ4v) is 4.53.